The molecule has 0 amide bonds. The maximum Gasteiger partial charge on any atom is 0.134 e. The molecule has 17 heavy (non-hydrogen) atoms. The van der Waals surface area contributed by atoms with Crippen LogP contribution in [0.1, 0.15) is 38.8 Å². The van der Waals surface area contributed by atoms with E-state index < -0.39 is 0 Å². The van der Waals surface area contributed by atoms with E-state index in [1.807, 2.05) is 5.06 Å². The Morgan fingerprint density at radius 1 is 1.18 bits per heavy atom. The Labute approximate surface area is 116 Å². The molecule has 2 rings (SSSR count). The largest absolute Gasteiger partial charge is 0.352 e. The van der Waals surface area contributed by atoms with Crippen molar-refractivity contribution in [3.05, 3.63) is 32.9 Å². The number of rotatable bonds is 1. The number of hydrogen-bond donors (Lipinski definition) is 0. The topological polar surface area (TPSA) is 12.5 Å². The first kappa shape index (κ1) is 12.7. The molecule has 2 nitrogen and oxygen atoms in total. The average Bonchev–Trinajstić information content (AvgIpc) is 2.37. The highest BCUT2D eigenvalue weighted by atomic mass is 127. The number of benzene rings is 1. The lowest BCUT2D eigenvalue weighted by Gasteiger charge is -2.36. The van der Waals surface area contributed by atoms with Gasteiger partial charge in [0, 0.05) is 3.57 Å². The molecule has 0 aromatic heterocycles. The van der Waals surface area contributed by atoms with Gasteiger partial charge >= 0.3 is 0 Å². The van der Waals surface area contributed by atoms with E-state index in [2.05, 4.69) is 74.6 Å². The van der Waals surface area contributed by atoms with Gasteiger partial charge in [0.05, 0.1) is 11.1 Å². The van der Waals surface area contributed by atoms with Gasteiger partial charge in [0.2, 0.25) is 0 Å². The van der Waals surface area contributed by atoms with E-state index in [1.54, 1.807) is 0 Å². The predicted octanol–water partition coefficient (Wildman–Crippen LogP) is 3.60. The van der Waals surface area contributed by atoms with E-state index in [0.29, 0.717) is 0 Å². The summed E-state index contributed by atoms with van der Waals surface area (Å²) in [6.07, 6.45) is 7.59. The van der Waals surface area contributed by atoms with Crippen LogP contribution in [0.2, 0.25) is 0 Å². The van der Waals surface area contributed by atoms with Crippen molar-refractivity contribution < 1.29 is 4.84 Å². The summed E-state index contributed by atoms with van der Waals surface area (Å²) in [5.41, 5.74) is 2.13. The monoisotopic (exact) mass is 341 g/mol. The lowest BCUT2D eigenvalue weighted by molar-refractivity contribution is -0.211. The van der Waals surface area contributed by atoms with E-state index in [1.165, 1.54) is 14.7 Å². The molecule has 0 bridgehead atoms. The van der Waals surface area contributed by atoms with Crippen molar-refractivity contribution >= 4 is 22.6 Å². The second-order valence-electron chi connectivity index (χ2n) is 5.31. The number of halogens is 1. The summed E-state index contributed by atoms with van der Waals surface area (Å²) in [6, 6.07) is 6.49. The molecule has 0 saturated carbocycles. The van der Waals surface area contributed by atoms with E-state index >= 15 is 0 Å². The van der Waals surface area contributed by atoms with Gasteiger partial charge in [-0.05, 0) is 73.5 Å². The molecule has 3 heteroatoms. The van der Waals surface area contributed by atoms with Crippen LogP contribution < -0.4 is 0 Å². The number of fused-ring (bicyclic) bond motifs is 1. The Kier molecular flexibility index (Phi) is 2.91. The smallest absolute Gasteiger partial charge is 0.134 e. The Balaban J connectivity index is 2.64. The molecule has 0 N–H and O–H groups in total. The highest BCUT2D eigenvalue weighted by Crippen LogP contribution is 2.49. The van der Waals surface area contributed by atoms with Crippen LogP contribution in [-0.2, 0) is 15.9 Å². The van der Waals surface area contributed by atoms with E-state index in [-0.39, 0.29) is 11.1 Å². The van der Waals surface area contributed by atoms with E-state index in [4.69, 9.17) is 11.3 Å². The van der Waals surface area contributed by atoms with Crippen LogP contribution in [0.3, 0.4) is 0 Å². The molecular weight excluding hydrogens is 325 g/mol. The number of hydroxylamine groups is 2. The molecule has 1 heterocycles. The van der Waals surface area contributed by atoms with Gasteiger partial charge in [-0.2, -0.15) is 0 Å². The minimum atomic E-state index is -0.216. The third-order valence-electron chi connectivity index (χ3n) is 3.46. The number of terminal acetylenes is 1. The predicted molar refractivity (Wildman–Crippen MR) is 77.0 cm³/mol. The van der Waals surface area contributed by atoms with Crippen LogP contribution in [0.15, 0.2) is 18.2 Å². The Hall–Kier alpha value is -0.730. The van der Waals surface area contributed by atoms with Gasteiger partial charge < -0.3 is 4.84 Å². The van der Waals surface area contributed by atoms with Gasteiger partial charge in [0.15, 0.2) is 0 Å². The molecule has 1 aromatic carbocycles. The lowest BCUT2D eigenvalue weighted by atomic mass is 9.91. The van der Waals surface area contributed by atoms with Gasteiger partial charge in [-0.25, -0.2) is 0 Å². The van der Waals surface area contributed by atoms with Gasteiger partial charge in [-0.3, -0.25) is 0 Å². The van der Waals surface area contributed by atoms with E-state index in [9.17, 15) is 0 Å². The first-order valence-corrected chi connectivity index (χ1v) is 6.63. The summed E-state index contributed by atoms with van der Waals surface area (Å²) >= 11 is 2.33. The standard InChI is InChI=1S/C14H16INO/c1-6-17-16-13(2,3)11-8-7-10(15)9-12(11)14(16,4)5/h1,7-9H,2-5H3. The maximum atomic E-state index is 5.41. The molecular formula is C14H16INO. The number of nitrogens with zero attached hydrogens (tertiary/aromatic N) is 1. The second kappa shape index (κ2) is 3.89. The van der Waals surface area contributed by atoms with Gasteiger partial charge in [0.1, 0.15) is 6.11 Å². The molecule has 90 valence electrons. The molecule has 0 unspecified atom stereocenters. The highest BCUT2D eigenvalue weighted by molar-refractivity contribution is 14.1. The summed E-state index contributed by atoms with van der Waals surface area (Å²) in [7, 11) is 0. The van der Waals surface area contributed by atoms with Crippen molar-refractivity contribution in [2.45, 2.75) is 38.8 Å². The summed E-state index contributed by atoms with van der Waals surface area (Å²) in [5.74, 6) is 0. The van der Waals surface area contributed by atoms with Crippen molar-refractivity contribution in [3.8, 4) is 12.5 Å². The molecule has 0 saturated heterocycles. The molecule has 0 atom stereocenters. The van der Waals surface area contributed by atoms with E-state index in [0.717, 1.165) is 0 Å². The van der Waals surface area contributed by atoms with Crippen LogP contribution in [0, 0.1) is 16.1 Å². The third-order valence-corrected chi connectivity index (χ3v) is 4.13. The molecule has 1 aromatic rings. The normalized spacial score (nSPS) is 20.7. The minimum absolute atomic E-state index is 0.213. The number of hydrogen-bond acceptors (Lipinski definition) is 2. The van der Waals surface area contributed by atoms with Gasteiger partial charge in [0.25, 0.3) is 0 Å². The van der Waals surface area contributed by atoms with Crippen molar-refractivity contribution in [1.82, 2.24) is 5.06 Å². The first-order valence-electron chi connectivity index (χ1n) is 5.55. The SMILES string of the molecule is C#CON1C(C)(C)c2ccc(I)cc2C1(C)C. The van der Waals surface area contributed by atoms with Crippen LogP contribution in [0.25, 0.3) is 0 Å². The summed E-state index contributed by atoms with van der Waals surface area (Å²) in [4.78, 5) is 5.41. The fourth-order valence-electron chi connectivity index (χ4n) is 2.75. The summed E-state index contributed by atoms with van der Waals surface area (Å²) < 4.78 is 1.23. The van der Waals surface area contributed by atoms with Gasteiger partial charge in [-0.1, -0.05) is 12.5 Å². The first-order chi connectivity index (χ1) is 7.81. The van der Waals surface area contributed by atoms with Crippen molar-refractivity contribution in [1.29, 1.82) is 0 Å². The quantitative estimate of drug-likeness (QED) is 0.572. The van der Waals surface area contributed by atoms with Gasteiger partial charge in [-0.15, -0.1) is 5.06 Å². The molecule has 0 radical (unpaired) electrons. The Bertz CT molecular complexity index is 499. The molecule has 0 aliphatic carbocycles. The van der Waals surface area contributed by atoms with Crippen LogP contribution >= 0.6 is 22.6 Å². The zero-order valence-electron chi connectivity index (χ0n) is 10.5. The highest BCUT2D eigenvalue weighted by Gasteiger charge is 2.51. The third kappa shape index (κ3) is 1.74. The molecule has 0 fully saturated rings. The summed E-state index contributed by atoms with van der Waals surface area (Å²) in [6.45, 7) is 8.53. The zero-order chi connectivity index (χ0) is 12.8. The van der Waals surface area contributed by atoms with Crippen LogP contribution in [0.4, 0.5) is 0 Å². The van der Waals surface area contributed by atoms with Crippen molar-refractivity contribution in [2.24, 2.45) is 0 Å². The van der Waals surface area contributed by atoms with Crippen LogP contribution in [-0.4, -0.2) is 5.06 Å². The lowest BCUT2D eigenvalue weighted by Crippen LogP contribution is -2.44. The molecule has 0 spiro atoms. The Morgan fingerprint density at radius 2 is 1.76 bits per heavy atom. The Morgan fingerprint density at radius 3 is 2.35 bits per heavy atom. The van der Waals surface area contributed by atoms with Crippen LogP contribution in [0.5, 0.6) is 0 Å². The zero-order valence-corrected chi connectivity index (χ0v) is 12.7. The minimum Gasteiger partial charge on any atom is -0.352 e. The van der Waals surface area contributed by atoms with Crippen molar-refractivity contribution in [3.63, 3.8) is 0 Å². The summed E-state index contributed by atoms with van der Waals surface area (Å²) in [5, 5.41) is 1.90. The fraction of sp³-hybridized carbons (Fsp3) is 0.429. The molecule has 1 aliphatic heterocycles. The fourth-order valence-corrected chi connectivity index (χ4v) is 3.25. The average molecular weight is 341 g/mol. The maximum absolute atomic E-state index is 5.41. The second-order valence-corrected chi connectivity index (χ2v) is 6.56. The molecule has 1 aliphatic rings. The van der Waals surface area contributed by atoms with Crippen molar-refractivity contribution in [2.75, 3.05) is 0 Å².